The Hall–Kier alpha value is -3.00. The van der Waals surface area contributed by atoms with Crippen LogP contribution in [0.2, 0.25) is 0 Å². The number of ether oxygens (including phenoxy) is 1. The summed E-state index contributed by atoms with van der Waals surface area (Å²) >= 11 is 0. The first kappa shape index (κ1) is 25.1. The number of nitrogens with one attached hydrogen (secondary N) is 1. The molecule has 8 heteroatoms. The van der Waals surface area contributed by atoms with Crippen LogP contribution in [-0.2, 0) is 21.7 Å². The van der Waals surface area contributed by atoms with Gasteiger partial charge in [0.05, 0.1) is 0 Å². The maximum atomic E-state index is 14.1. The van der Waals surface area contributed by atoms with Crippen LogP contribution in [0.4, 0.5) is 13.6 Å². The molecular weight excluding hydrogens is 454 g/mol. The third-order valence-corrected chi connectivity index (χ3v) is 7.31. The van der Waals surface area contributed by atoms with E-state index in [1.165, 1.54) is 4.90 Å². The standard InChI is InChI=1S/C27H32F2N2O4/c1-25(30-24(33)35-19-20-8-4-2-5-9-20)14-16-31(17-15-25)23(32)27(34,21-10-6-3-7-11-21)22-12-13-26(28,29)18-22/h2-11,22,34H,12-19H2,1H3,(H,30,33)/t22-,27+/m1/s1. The number of hydrogen-bond donors (Lipinski definition) is 2. The van der Waals surface area contributed by atoms with Gasteiger partial charge in [-0.1, -0.05) is 60.7 Å². The molecule has 0 spiro atoms. The lowest BCUT2D eigenvalue weighted by Crippen LogP contribution is -2.58. The largest absolute Gasteiger partial charge is 0.445 e. The van der Waals surface area contributed by atoms with Crippen molar-refractivity contribution in [3.8, 4) is 0 Å². The van der Waals surface area contributed by atoms with Gasteiger partial charge in [0.25, 0.3) is 5.91 Å². The van der Waals surface area contributed by atoms with Gasteiger partial charge in [0.15, 0.2) is 5.60 Å². The fourth-order valence-corrected chi connectivity index (χ4v) is 5.11. The molecule has 188 valence electrons. The molecule has 2 aromatic rings. The predicted molar refractivity (Wildman–Crippen MR) is 127 cm³/mol. The summed E-state index contributed by atoms with van der Waals surface area (Å²) in [4.78, 5) is 27.5. The first-order valence-corrected chi connectivity index (χ1v) is 12.1. The molecule has 2 atom stereocenters. The van der Waals surface area contributed by atoms with Gasteiger partial charge in [0.2, 0.25) is 5.92 Å². The topological polar surface area (TPSA) is 78.9 Å². The molecule has 0 radical (unpaired) electrons. The van der Waals surface area contributed by atoms with E-state index in [0.29, 0.717) is 18.4 Å². The maximum Gasteiger partial charge on any atom is 0.407 e. The minimum atomic E-state index is -2.89. The molecular formula is C27H32F2N2O4. The number of alkyl halides is 2. The number of benzene rings is 2. The number of aliphatic hydroxyl groups is 1. The van der Waals surface area contributed by atoms with E-state index in [2.05, 4.69) is 5.32 Å². The number of halogens is 2. The van der Waals surface area contributed by atoms with E-state index in [4.69, 9.17) is 4.74 Å². The monoisotopic (exact) mass is 486 g/mol. The number of carbonyl (C=O) groups excluding carboxylic acids is 2. The third-order valence-electron chi connectivity index (χ3n) is 7.31. The van der Waals surface area contributed by atoms with E-state index in [0.717, 1.165) is 5.56 Å². The van der Waals surface area contributed by atoms with Gasteiger partial charge in [-0.2, -0.15) is 0 Å². The summed E-state index contributed by atoms with van der Waals surface area (Å²) in [5, 5.41) is 14.6. The molecule has 1 saturated carbocycles. The van der Waals surface area contributed by atoms with E-state index < -0.39 is 41.4 Å². The Morgan fingerprint density at radius 3 is 2.23 bits per heavy atom. The lowest BCUT2D eigenvalue weighted by Gasteiger charge is -2.43. The molecule has 2 fully saturated rings. The Morgan fingerprint density at radius 1 is 1.06 bits per heavy atom. The molecule has 35 heavy (non-hydrogen) atoms. The fourth-order valence-electron chi connectivity index (χ4n) is 5.11. The highest BCUT2D eigenvalue weighted by atomic mass is 19.3. The summed E-state index contributed by atoms with van der Waals surface area (Å²) in [6.07, 6.45) is -0.428. The fraction of sp³-hybridized carbons (Fsp3) is 0.481. The molecule has 1 heterocycles. The highest BCUT2D eigenvalue weighted by Crippen LogP contribution is 2.48. The molecule has 4 rings (SSSR count). The van der Waals surface area contributed by atoms with Gasteiger partial charge in [-0.05, 0) is 37.3 Å². The van der Waals surface area contributed by atoms with Crippen molar-refractivity contribution in [3.05, 3.63) is 71.8 Å². The van der Waals surface area contributed by atoms with Crippen molar-refractivity contribution in [2.75, 3.05) is 13.1 Å². The van der Waals surface area contributed by atoms with Crippen molar-refractivity contribution < 1.29 is 28.2 Å². The van der Waals surface area contributed by atoms with Gasteiger partial charge >= 0.3 is 6.09 Å². The van der Waals surface area contributed by atoms with Gasteiger partial charge in [-0.3, -0.25) is 4.79 Å². The number of likely N-dealkylation sites (tertiary alicyclic amines) is 1. The van der Waals surface area contributed by atoms with E-state index in [9.17, 15) is 23.5 Å². The molecule has 1 aliphatic heterocycles. The predicted octanol–water partition coefficient (Wildman–Crippen LogP) is 4.62. The van der Waals surface area contributed by atoms with Gasteiger partial charge in [-0.15, -0.1) is 0 Å². The number of nitrogens with zero attached hydrogens (tertiary/aromatic N) is 1. The third kappa shape index (κ3) is 5.64. The highest BCUT2D eigenvalue weighted by molar-refractivity contribution is 5.87. The van der Waals surface area contributed by atoms with Crippen LogP contribution in [0, 0.1) is 5.92 Å². The molecule has 0 bridgehead atoms. The van der Waals surface area contributed by atoms with Crippen LogP contribution in [0.15, 0.2) is 60.7 Å². The molecule has 1 aliphatic carbocycles. The summed E-state index contributed by atoms with van der Waals surface area (Å²) in [5.74, 6) is -4.31. The van der Waals surface area contributed by atoms with Gasteiger partial charge in [-0.25, -0.2) is 13.6 Å². The molecule has 2 aliphatic rings. The van der Waals surface area contributed by atoms with Crippen LogP contribution in [0.25, 0.3) is 0 Å². The van der Waals surface area contributed by atoms with Crippen molar-refractivity contribution in [2.45, 2.75) is 62.7 Å². The van der Waals surface area contributed by atoms with E-state index >= 15 is 0 Å². The summed E-state index contributed by atoms with van der Waals surface area (Å²) in [5.41, 5.74) is -1.39. The quantitative estimate of drug-likeness (QED) is 0.625. The second-order valence-corrected chi connectivity index (χ2v) is 9.97. The average Bonchev–Trinajstić information content (AvgIpc) is 3.23. The summed E-state index contributed by atoms with van der Waals surface area (Å²) < 4.78 is 33.4. The molecule has 2 amide bonds. The van der Waals surface area contributed by atoms with E-state index in [-0.39, 0.29) is 32.5 Å². The Labute approximate surface area is 204 Å². The second-order valence-electron chi connectivity index (χ2n) is 9.97. The van der Waals surface area contributed by atoms with Crippen molar-refractivity contribution in [1.29, 1.82) is 0 Å². The highest BCUT2D eigenvalue weighted by Gasteiger charge is 2.55. The molecule has 1 saturated heterocycles. The Morgan fingerprint density at radius 2 is 1.66 bits per heavy atom. The van der Waals surface area contributed by atoms with Crippen molar-refractivity contribution in [2.24, 2.45) is 5.92 Å². The maximum absolute atomic E-state index is 14.1. The smallest absolute Gasteiger partial charge is 0.407 e. The van der Waals surface area contributed by atoms with Gasteiger partial charge in [0.1, 0.15) is 6.61 Å². The number of carbonyl (C=O) groups is 2. The van der Waals surface area contributed by atoms with Crippen molar-refractivity contribution in [1.82, 2.24) is 10.2 Å². The Balaban J connectivity index is 1.40. The molecule has 2 aromatic carbocycles. The first-order valence-electron chi connectivity index (χ1n) is 12.1. The summed E-state index contributed by atoms with van der Waals surface area (Å²) in [6.45, 7) is 2.61. The summed E-state index contributed by atoms with van der Waals surface area (Å²) in [7, 11) is 0. The van der Waals surface area contributed by atoms with Crippen molar-refractivity contribution in [3.63, 3.8) is 0 Å². The van der Waals surface area contributed by atoms with E-state index in [1.54, 1.807) is 30.3 Å². The van der Waals surface area contributed by atoms with Crippen LogP contribution in [0.5, 0.6) is 0 Å². The SMILES string of the molecule is CC1(NC(=O)OCc2ccccc2)CCN(C(=O)[C@](O)(c2ccccc2)[C@@H]2CCC(F)(F)C2)CC1. The van der Waals surface area contributed by atoms with Crippen molar-refractivity contribution >= 4 is 12.0 Å². The molecule has 0 aromatic heterocycles. The van der Waals surface area contributed by atoms with Crippen LogP contribution < -0.4 is 5.32 Å². The van der Waals surface area contributed by atoms with E-state index in [1.807, 2.05) is 37.3 Å². The lowest BCUT2D eigenvalue weighted by molar-refractivity contribution is -0.162. The molecule has 0 unspecified atom stereocenters. The second kappa shape index (κ2) is 9.93. The van der Waals surface area contributed by atoms with Crippen LogP contribution >= 0.6 is 0 Å². The number of piperidine rings is 1. The molecule has 2 N–H and O–H groups in total. The van der Waals surface area contributed by atoms with Gasteiger partial charge in [0, 0.05) is 37.4 Å². The number of amides is 2. The average molecular weight is 487 g/mol. The van der Waals surface area contributed by atoms with Gasteiger partial charge < -0.3 is 20.1 Å². The molecule has 6 nitrogen and oxygen atoms in total. The van der Waals surface area contributed by atoms with Crippen LogP contribution in [-0.4, -0.2) is 46.6 Å². The first-order chi connectivity index (χ1) is 16.6. The number of alkyl carbamates (subject to hydrolysis) is 1. The zero-order chi connectivity index (χ0) is 25.1. The summed E-state index contributed by atoms with van der Waals surface area (Å²) in [6, 6.07) is 17.7. The Kier molecular flexibility index (Phi) is 7.12. The number of hydrogen-bond acceptors (Lipinski definition) is 4. The zero-order valence-electron chi connectivity index (χ0n) is 19.9. The Bertz CT molecular complexity index is 1030. The minimum Gasteiger partial charge on any atom is -0.445 e. The van der Waals surface area contributed by atoms with Crippen LogP contribution in [0.1, 0.15) is 50.2 Å². The zero-order valence-corrected chi connectivity index (χ0v) is 19.9. The minimum absolute atomic E-state index is 0.0739. The normalized spacial score (nSPS) is 22.7. The lowest BCUT2D eigenvalue weighted by atomic mass is 9.78. The number of rotatable bonds is 6. The van der Waals surface area contributed by atoms with Crippen LogP contribution in [0.3, 0.4) is 0 Å².